The summed E-state index contributed by atoms with van der Waals surface area (Å²) in [6.45, 7) is 4.19. The minimum absolute atomic E-state index is 0.0814. The number of hydrogen-bond acceptors (Lipinski definition) is 3. The SMILES string of the molecule is COc1cccc(-c2ccccc2)c1C(=O)N1C(CC(C)C)CCC1C(=O)O. The van der Waals surface area contributed by atoms with Gasteiger partial charge in [-0.15, -0.1) is 0 Å². The minimum Gasteiger partial charge on any atom is -0.496 e. The molecule has 3 rings (SSSR count). The van der Waals surface area contributed by atoms with Crippen LogP contribution in [0.3, 0.4) is 0 Å². The van der Waals surface area contributed by atoms with Gasteiger partial charge in [0.15, 0.2) is 0 Å². The summed E-state index contributed by atoms with van der Waals surface area (Å²) >= 11 is 0. The van der Waals surface area contributed by atoms with Gasteiger partial charge in [0.05, 0.1) is 12.7 Å². The lowest BCUT2D eigenvalue weighted by Crippen LogP contribution is -2.45. The highest BCUT2D eigenvalue weighted by Gasteiger charge is 2.42. The van der Waals surface area contributed by atoms with Gasteiger partial charge in [-0.1, -0.05) is 56.3 Å². The number of likely N-dealkylation sites (tertiary alicyclic amines) is 1. The van der Waals surface area contributed by atoms with E-state index in [2.05, 4.69) is 13.8 Å². The quantitative estimate of drug-likeness (QED) is 0.802. The zero-order chi connectivity index (χ0) is 20.3. The highest BCUT2D eigenvalue weighted by Crippen LogP contribution is 2.36. The second-order valence-electron chi connectivity index (χ2n) is 7.68. The third-order valence-corrected chi connectivity index (χ3v) is 5.31. The molecule has 0 aromatic heterocycles. The van der Waals surface area contributed by atoms with Crippen LogP contribution in [0.15, 0.2) is 48.5 Å². The van der Waals surface area contributed by atoms with E-state index in [9.17, 15) is 14.7 Å². The number of ether oxygens (including phenoxy) is 1. The molecule has 1 fully saturated rings. The fraction of sp³-hybridized carbons (Fsp3) is 0.391. The van der Waals surface area contributed by atoms with Crippen LogP contribution in [0.4, 0.5) is 0 Å². The van der Waals surface area contributed by atoms with Crippen LogP contribution in [0.25, 0.3) is 11.1 Å². The number of aliphatic carboxylic acids is 1. The monoisotopic (exact) mass is 381 g/mol. The first-order chi connectivity index (χ1) is 13.4. The van der Waals surface area contributed by atoms with Crippen molar-refractivity contribution >= 4 is 11.9 Å². The van der Waals surface area contributed by atoms with Crippen molar-refractivity contribution in [2.45, 2.75) is 45.2 Å². The maximum atomic E-state index is 13.7. The molecule has 2 unspecified atom stereocenters. The summed E-state index contributed by atoms with van der Waals surface area (Å²) in [5, 5.41) is 9.72. The molecule has 2 atom stereocenters. The molecular weight excluding hydrogens is 354 g/mol. The fourth-order valence-electron chi connectivity index (χ4n) is 4.12. The molecule has 0 saturated carbocycles. The molecule has 1 aliphatic heterocycles. The average molecular weight is 381 g/mol. The highest BCUT2D eigenvalue weighted by atomic mass is 16.5. The molecule has 1 aliphatic rings. The minimum atomic E-state index is -0.948. The van der Waals surface area contributed by atoms with Crippen molar-refractivity contribution in [2.24, 2.45) is 5.92 Å². The number of carbonyl (C=O) groups is 2. The van der Waals surface area contributed by atoms with Crippen LogP contribution in [0.2, 0.25) is 0 Å². The number of carboxylic acids is 1. The van der Waals surface area contributed by atoms with E-state index in [0.717, 1.165) is 17.5 Å². The predicted octanol–water partition coefficient (Wildman–Crippen LogP) is 4.47. The molecule has 0 radical (unpaired) electrons. The molecule has 5 nitrogen and oxygen atoms in total. The van der Waals surface area contributed by atoms with Crippen LogP contribution < -0.4 is 4.74 Å². The van der Waals surface area contributed by atoms with E-state index < -0.39 is 12.0 Å². The first-order valence-electron chi connectivity index (χ1n) is 9.72. The van der Waals surface area contributed by atoms with Gasteiger partial charge in [-0.25, -0.2) is 4.79 Å². The highest BCUT2D eigenvalue weighted by molar-refractivity contribution is 6.05. The van der Waals surface area contributed by atoms with Gasteiger partial charge in [0, 0.05) is 6.04 Å². The Bertz CT molecular complexity index is 847. The Kier molecular flexibility index (Phi) is 6.02. The number of nitrogens with zero attached hydrogens (tertiary/aromatic N) is 1. The molecule has 1 heterocycles. The smallest absolute Gasteiger partial charge is 0.326 e. The van der Waals surface area contributed by atoms with Gasteiger partial charge in [0.25, 0.3) is 5.91 Å². The van der Waals surface area contributed by atoms with Gasteiger partial charge in [0.2, 0.25) is 0 Å². The lowest BCUT2D eigenvalue weighted by Gasteiger charge is -2.30. The Hall–Kier alpha value is -2.82. The Morgan fingerprint density at radius 1 is 1.11 bits per heavy atom. The van der Waals surface area contributed by atoms with Crippen molar-refractivity contribution in [3.05, 3.63) is 54.1 Å². The largest absolute Gasteiger partial charge is 0.496 e. The molecule has 1 N–H and O–H groups in total. The molecule has 2 aromatic rings. The summed E-state index contributed by atoms with van der Waals surface area (Å²) in [5.41, 5.74) is 2.08. The zero-order valence-electron chi connectivity index (χ0n) is 16.6. The first kappa shape index (κ1) is 19.9. The predicted molar refractivity (Wildman–Crippen MR) is 109 cm³/mol. The first-order valence-corrected chi connectivity index (χ1v) is 9.72. The zero-order valence-corrected chi connectivity index (χ0v) is 16.6. The Balaban J connectivity index is 2.10. The number of methoxy groups -OCH3 is 1. The molecule has 148 valence electrons. The van der Waals surface area contributed by atoms with Gasteiger partial charge >= 0.3 is 5.97 Å². The third-order valence-electron chi connectivity index (χ3n) is 5.31. The van der Waals surface area contributed by atoms with E-state index in [1.54, 1.807) is 11.0 Å². The summed E-state index contributed by atoms with van der Waals surface area (Å²) in [7, 11) is 1.53. The van der Waals surface area contributed by atoms with Crippen LogP contribution in [-0.4, -0.2) is 41.1 Å². The molecule has 0 aliphatic carbocycles. The standard InChI is InChI=1S/C23H27NO4/c1-15(2)14-17-12-13-19(23(26)27)24(17)22(25)21-18(10-7-11-20(21)28-3)16-8-5-4-6-9-16/h4-11,15,17,19H,12-14H2,1-3H3,(H,26,27). The van der Waals surface area contributed by atoms with E-state index >= 15 is 0 Å². The second-order valence-corrected chi connectivity index (χ2v) is 7.68. The van der Waals surface area contributed by atoms with Gasteiger partial charge in [-0.2, -0.15) is 0 Å². The Morgan fingerprint density at radius 2 is 1.82 bits per heavy atom. The molecule has 2 aromatic carbocycles. The number of rotatable bonds is 6. The van der Waals surface area contributed by atoms with Gasteiger partial charge in [-0.05, 0) is 42.4 Å². The number of amides is 1. The Morgan fingerprint density at radius 3 is 2.43 bits per heavy atom. The number of hydrogen-bond donors (Lipinski definition) is 1. The number of carboxylic acid groups (broad SMARTS) is 1. The van der Waals surface area contributed by atoms with Crippen molar-refractivity contribution in [3.63, 3.8) is 0 Å². The van der Waals surface area contributed by atoms with E-state index in [0.29, 0.717) is 30.1 Å². The van der Waals surface area contributed by atoms with E-state index in [-0.39, 0.29) is 11.9 Å². The summed E-state index contributed by atoms with van der Waals surface area (Å²) < 4.78 is 5.51. The van der Waals surface area contributed by atoms with Crippen LogP contribution in [0, 0.1) is 5.92 Å². The normalized spacial score (nSPS) is 19.1. The van der Waals surface area contributed by atoms with Gasteiger partial charge in [-0.3, -0.25) is 4.79 Å². The van der Waals surface area contributed by atoms with Crippen molar-refractivity contribution < 1.29 is 19.4 Å². The lowest BCUT2D eigenvalue weighted by molar-refractivity contribution is -0.141. The molecule has 1 amide bonds. The number of benzene rings is 2. The van der Waals surface area contributed by atoms with E-state index in [1.807, 2.05) is 42.5 Å². The third kappa shape index (κ3) is 3.88. The van der Waals surface area contributed by atoms with Crippen LogP contribution in [0.1, 0.15) is 43.5 Å². The van der Waals surface area contributed by atoms with Gasteiger partial charge < -0.3 is 14.7 Å². The van der Waals surface area contributed by atoms with Crippen molar-refractivity contribution in [2.75, 3.05) is 7.11 Å². The molecular formula is C23H27NO4. The van der Waals surface area contributed by atoms with Crippen molar-refractivity contribution in [1.29, 1.82) is 0 Å². The van der Waals surface area contributed by atoms with E-state index in [1.165, 1.54) is 7.11 Å². The topological polar surface area (TPSA) is 66.8 Å². The molecule has 0 spiro atoms. The van der Waals surface area contributed by atoms with Gasteiger partial charge in [0.1, 0.15) is 11.8 Å². The lowest BCUT2D eigenvalue weighted by atomic mass is 9.96. The summed E-state index contributed by atoms with van der Waals surface area (Å²) in [4.78, 5) is 27.1. The second kappa shape index (κ2) is 8.46. The molecule has 0 bridgehead atoms. The van der Waals surface area contributed by atoms with Crippen molar-refractivity contribution in [3.8, 4) is 16.9 Å². The van der Waals surface area contributed by atoms with Crippen LogP contribution >= 0.6 is 0 Å². The maximum Gasteiger partial charge on any atom is 0.326 e. The van der Waals surface area contributed by atoms with Crippen LogP contribution in [0.5, 0.6) is 5.75 Å². The maximum absolute atomic E-state index is 13.7. The summed E-state index contributed by atoms with van der Waals surface area (Å²) in [6, 6.07) is 14.2. The summed E-state index contributed by atoms with van der Waals surface area (Å²) in [6.07, 6.45) is 1.97. The Labute approximate surface area is 165 Å². The molecule has 1 saturated heterocycles. The average Bonchev–Trinajstić information content (AvgIpc) is 3.10. The summed E-state index contributed by atoms with van der Waals surface area (Å²) in [5.74, 6) is -0.382. The number of carbonyl (C=O) groups excluding carboxylic acids is 1. The molecule has 5 heteroatoms. The van der Waals surface area contributed by atoms with E-state index in [4.69, 9.17) is 4.74 Å². The van der Waals surface area contributed by atoms with Crippen molar-refractivity contribution in [1.82, 2.24) is 4.90 Å². The fourth-order valence-corrected chi connectivity index (χ4v) is 4.12. The van der Waals surface area contributed by atoms with Crippen LogP contribution in [-0.2, 0) is 4.79 Å². The molecule has 28 heavy (non-hydrogen) atoms.